The van der Waals surface area contributed by atoms with Crippen molar-refractivity contribution in [3.05, 3.63) is 53.1 Å². The van der Waals surface area contributed by atoms with Crippen LogP contribution >= 0.6 is 11.6 Å². The monoisotopic (exact) mass is 378 g/mol. The first-order chi connectivity index (χ1) is 11.8. The fraction of sp³-hybridized carbons (Fsp3) is 0.278. The summed E-state index contributed by atoms with van der Waals surface area (Å²) in [4.78, 5) is 12.2. The van der Waals surface area contributed by atoms with E-state index in [4.69, 9.17) is 11.6 Å². The Morgan fingerprint density at radius 1 is 1.16 bits per heavy atom. The molecule has 0 aliphatic heterocycles. The summed E-state index contributed by atoms with van der Waals surface area (Å²) in [7, 11) is -3.79. The van der Waals surface area contributed by atoms with Gasteiger partial charge in [0.25, 0.3) is 10.0 Å². The zero-order chi connectivity index (χ0) is 18.2. The smallest absolute Gasteiger partial charge is 0.262 e. The molecule has 7 heteroatoms. The van der Waals surface area contributed by atoms with Gasteiger partial charge in [-0.3, -0.25) is 9.52 Å². The van der Waals surface area contributed by atoms with Crippen molar-refractivity contribution in [3.8, 4) is 0 Å². The Bertz CT molecular complexity index is 928. The van der Waals surface area contributed by atoms with Crippen molar-refractivity contribution >= 4 is 38.9 Å². The first-order valence-electron chi connectivity index (χ1n) is 7.96. The van der Waals surface area contributed by atoms with Crippen LogP contribution in [0.2, 0.25) is 5.02 Å². The van der Waals surface area contributed by atoms with Crippen LogP contribution in [-0.4, -0.2) is 14.3 Å². The van der Waals surface area contributed by atoms with Gasteiger partial charge in [-0.15, -0.1) is 0 Å². The van der Waals surface area contributed by atoms with E-state index < -0.39 is 10.0 Å². The number of anilines is 2. The van der Waals surface area contributed by atoms with E-state index in [1.165, 1.54) is 12.1 Å². The van der Waals surface area contributed by atoms with Crippen LogP contribution < -0.4 is 10.0 Å². The topological polar surface area (TPSA) is 75.3 Å². The maximum absolute atomic E-state index is 12.7. The number of hydrogen-bond donors (Lipinski definition) is 2. The van der Waals surface area contributed by atoms with Crippen LogP contribution in [0.1, 0.15) is 18.9 Å². The third-order valence-electron chi connectivity index (χ3n) is 4.27. The van der Waals surface area contributed by atoms with Crippen molar-refractivity contribution in [1.82, 2.24) is 0 Å². The van der Waals surface area contributed by atoms with E-state index in [0.717, 1.165) is 6.42 Å². The average Bonchev–Trinajstić information content (AvgIpc) is 3.25. The normalized spacial score (nSPS) is 19.3. The van der Waals surface area contributed by atoms with E-state index in [2.05, 4.69) is 10.0 Å². The zero-order valence-electron chi connectivity index (χ0n) is 13.9. The highest BCUT2D eigenvalue weighted by Gasteiger charge is 2.39. The van der Waals surface area contributed by atoms with Gasteiger partial charge in [0, 0.05) is 16.6 Å². The highest BCUT2D eigenvalue weighted by atomic mass is 35.5. The number of rotatable bonds is 5. The summed E-state index contributed by atoms with van der Waals surface area (Å²) >= 11 is 5.90. The molecule has 0 heterocycles. The minimum Gasteiger partial charge on any atom is -0.326 e. The lowest BCUT2D eigenvalue weighted by molar-refractivity contribution is -0.117. The second kappa shape index (κ2) is 6.69. The van der Waals surface area contributed by atoms with Crippen molar-refractivity contribution in [2.45, 2.75) is 25.2 Å². The Morgan fingerprint density at radius 2 is 1.88 bits per heavy atom. The molecule has 0 unspecified atom stereocenters. The van der Waals surface area contributed by atoms with Gasteiger partial charge >= 0.3 is 0 Å². The minimum atomic E-state index is -3.79. The van der Waals surface area contributed by atoms with E-state index in [0.29, 0.717) is 27.9 Å². The summed E-state index contributed by atoms with van der Waals surface area (Å²) in [6.45, 7) is 3.73. The van der Waals surface area contributed by atoms with E-state index >= 15 is 0 Å². The van der Waals surface area contributed by atoms with E-state index in [1.54, 1.807) is 37.3 Å². The van der Waals surface area contributed by atoms with Gasteiger partial charge in [0.05, 0.1) is 10.6 Å². The maximum atomic E-state index is 12.7. The SMILES string of the molecule is Cc1ccc(NC(=O)[C@H]2C[C@@H]2C)cc1S(=O)(=O)Nc1cccc(Cl)c1. The summed E-state index contributed by atoms with van der Waals surface area (Å²) < 4.78 is 27.9. The van der Waals surface area contributed by atoms with Crippen molar-refractivity contribution in [2.24, 2.45) is 11.8 Å². The molecule has 1 aliphatic carbocycles. The molecule has 1 fully saturated rings. The molecule has 0 bridgehead atoms. The highest BCUT2D eigenvalue weighted by Crippen LogP contribution is 2.38. The minimum absolute atomic E-state index is 0.0194. The average molecular weight is 379 g/mol. The molecule has 1 amide bonds. The number of aryl methyl sites for hydroxylation is 1. The first kappa shape index (κ1) is 17.8. The van der Waals surface area contributed by atoms with E-state index in [9.17, 15) is 13.2 Å². The first-order valence-corrected chi connectivity index (χ1v) is 9.82. The molecule has 2 N–H and O–H groups in total. The van der Waals surface area contributed by atoms with E-state index in [-0.39, 0.29) is 16.7 Å². The summed E-state index contributed by atoms with van der Waals surface area (Å²) in [6, 6.07) is 11.4. The van der Waals surface area contributed by atoms with Gasteiger partial charge in [0.15, 0.2) is 0 Å². The van der Waals surface area contributed by atoms with Gasteiger partial charge in [-0.1, -0.05) is 30.7 Å². The van der Waals surface area contributed by atoms with E-state index in [1.807, 2.05) is 6.92 Å². The standard InChI is InChI=1S/C18H19ClN2O3S/c1-11-6-7-14(20-18(22)16-8-12(16)2)10-17(11)25(23,24)21-15-5-3-4-13(19)9-15/h3-7,9-10,12,16,21H,8H2,1-2H3,(H,20,22)/t12-,16-/m0/s1. The van der Waals surface area contributed by atoms with Crippen molar-refractivity contribution < 1.29 is 13.2 Å². The predicted molar refractivity (Wildman–Crippen MR) is 99.3 cm³/mol. The van der Waals surface area contributed by atoms with Crippen LogP contribution in [-0.2, 0) is 14.8 Å². The molecular weight excluding hydrogens is 360 g/mol. The summed E-state index contributed by atoms with van der Waals surface area (Å²) in [5, 5.41) is 3.24. The van der Waals surface area contributed by atoms with Crippen LogP contribution in [0.25, 0.3) is 0 Å². The molecule has 3 rings (SSSR count). The zero-order valence-corrected chi connectivity index (χ0v) is 15.5. The van der Waals surface area contributed by atoms with Gasteiger partial charge in [0.2, 0.25) is 5.91 Å². The Morgan fingerprint density at radius 3 is 2.52 bits per heavy atom. The lowest BCUT2D eigenvalue weighted by Gasteiger charge is -2.13. The number of nitrogens with one attached hydrogen (secondary N) is 2. The Hall–Kier alpha value is -2.05. The van der Waals surface area contributed by atoms with Gasteiger partial charge in [-0.2, -0.15) is 0 Å². The number of sulfonamides is 1. The number of halogens is 1. The second-order valence-corrected chi connectivity index (χ2v) is 8.49. The van der Waals surface area contributed by atoms with Crippen LogP contribution in [0.4, 0.5) is 11.4 Å². The molecule has 0 aromatic heterocycles. The number of hydrogen-bond acceptors (Lipinski definition) is 3. The number of carbonyl (C=O) groups is 1. The van der Waals surface area contributed by atoms with Gasteiger partial charge in [-0.25, -0.2) is 8.42 Å². The largest absolute Gasteiger partial charge is 0.326 e. The number of benzene rings is 2. The molecule has 2 atom stereocenters. The highest BCUT2D eigenvalue weighted by molar-refractivity contribution is 7.92. The van der Waals surface area contributed by atoms with Gasteiger partial charge < -0.3 is 5.32 Å². The molecule has 25 heavy (non-hydrogen) atoms. The predicted octanol–water partition coefficient (Wildman–Crippen LogP) is 4.04. The Balaban J connectivity index is 1.84. The maximum Gasteiger partial charge on any atom is 0.262 e. The third kappa shape index (κ3) is 4.14. The summed E-state index contributed by atoms with van der Waals surface area (Å²) in [5.74, 6) is 0.339. The molecule has 1 saturated carbocycles. The number of carbonyl (C=O) groups excluding carboxylic acids is 1. The van der Waals surface area contributed by atoms with Gasteiger partial charge in [-0.05, 0) is 55.2 Å². The van der Waals surface area contributed by atoms with Gasteiger partial charge in [0.1, 0.15) is 0 Å². The van der Waals surface area contributed by atoms with Crippen LogP contribution in [0, 0.1) is 18.8 Å². The Labute approximate surface area is 152 Å². The van der Waals surface area contributed by atoms with Crippen molar-refractivity contribution in [3.63, 3.8) is 0 Å². The van der Waals surface area contributed by atoms with Crippen LogP contribution in [0.3, 0.4) is 0 Å². The summed E-state index contributed by atoms with van der Waals surface area (Å²) in [6.07, 6.45) is 0.874. The molecule has 2 aromatic carbocycles. The fourth-order valence-corrected chi connectivity index (χ4v) is 4.16. The molecule has 0 spiro atoms. The number of amides is 1. The van der Waals surface area contributed by atoms with Crippen molar-refractivity contribution in [2.75, 3.05) is 10.0 Å². The second-order valence-electron chi connectivity index (χ2n) is 6.40. The van der Waals surface area contributed by atoms with Crippen molar-refractivity contribution in [1.29, 1.82) is 0 Å². The molecule has 5 nitrogen and oxygen atoms in total. The molecule has 0 saturated heterocycles. The fourth-order valence-electron chi connectivity index (χ4n) is 2.65. The molecule has 1 aliphatic rings. The molecule has 0 radical (unpaired) electrons. The Kier molecular flexibility index (Phi) is 4.75. The molecule has 132 valence electrons. The summed E-state index contributed by atoms with van der Waals surface area (Å²) in [5.41, 5.74) is 1.45. The lowest BCUT2D eigenvalue weighted by Crippen LogP contribution is -2.17. The third-order valence-corrected chi connectivity index (χ3v) is 6.03. The quantitative estimate of drug-likeness (QED) is 0.824. The molecular formula is C18H19ClN2O3S. The molecule has 2 aromatic rings. The van der Waals surface area contributed by atoms with Crippen LogP contribution in [0.5, 0.6) is 0 Å². The lowest BCUT2D eigenvalue weighted by atomic mass is 10.2. The van der Waals surface area contributed by atoms with Crippen LogP contribution in [0.15, 0.2) is 47.4 Å².